The molecule has 0 saturated heterocycles. The summed E-state index contributed by atoms with van der Waals surface area (Å²) in [5.41, 5.74) is 0. The Morgan fingerprint density at radius 2 is 0.836 bits per heavy atom. The number of hydrogen-bond acceptors (Lipinski definition) is 5. The van der Waals surface area contributed by atoms with E-state index in [1.54, 1.807) is 0 Å². The molecule has 0 radical (unpaired) electrons. The second-order valence-electron chi connectivity index (χ2n) is 18.6. The van der Waals surface area contributed by atoms with Crippen molar-refractivity contribution in [1.29, 1.82) is 0 Å². The van der Waals surface area contributed by atoms with Crippen LogP contribution in [0.4, 0.5) is 0 Å². The molecule has 6 nitrogen and oxygen atoms in total. The topological polar surface area (TPSA) is 95.9 Å². The van der Waals surface area contributed by atoms with Gasteiger partial charge < -0.3 is 20.3 Å². The fourth-order valence-corrected chi connectivity index (χ4v) is 8.30. The van der Waals surface area contributed by atoms with Gasteiger partial charge in [0.05, 0.1) is 25.4 Å². The standard InChI is InChI=1S/C55H105NO5/c1-3-5-7-9-11-13-15-17-19-20-21-23-27-31-35-39-43-47-53(58)52(51-57)56-54(59)48-44-40-36-32-28-24-22-26-30-34-38-42-46-50-61-55(60)49-45-41-37-33-29-25-18-16-14-12-10-8-6-4-2/h10,12,16,18,52-53,57-58H,3-9,11,13-15,17,19-51H2,1-2H3,(H,56,59)/b12-10-,18-16-. The molecule has 6 heteroatoms. The van der Waals surface area contributed by atoms with Crippen LogP contribution in [0.15, 0.2) is 24.3 Å². The minimum Gasteiger partial charge on any atom is -0.466 e. The molecule has 0 rings (SSSR count). The lowest BCUT2D eigenvalue weighted by Gasteiger charge is -2.22. The third kappa shape index (κ3) is 47.7. The van der Waals surface area contributed by atoms with E-state index < -0.39 is 12.1 Å². The molecule has 3 N–H and O–H groups in total. The molecule has 0 heterocycles. The highest BCUT2D eigenvalue weighted by atomic mass is 16.5. The number of rotatable bonds is 50. The van der Waals surface area contributed by atoms with Gasteiger partial charge in [0, 0.05) is 12.8 Å². The van der Waals surface area contributed by atoms with E-state index in [2.05, 4.69) is 43.5 Å². The van der Waals surface area contributed by atoms with Gasteiger partial charge >= 0.3 is 5.97 Å². The zero-order chi connectivity index (χ0) is 44.4. The molecule has 2 atom stereocenters. The van der Waals surface area contributed by atoms with Crippen LogP contribution in [0.5, 0.6) is 0 Å². The molecule has 0 aliphatic heterocycles. The zero-order valence-electron chi connectivity index (χ0n) is 40.9. The van der Waals surface area contributed by atoms with Gasteiger partial charge in [0.15, 0.2) is 0 Å². The van der Waals surface area contributed by atoms with E-state index in [0.29, 0.717) is 25.9 Å². The van der Waals surface area contributed by atoms with Gasteiger partial charge in [0.2, 0.25) is 5.91 Å². The largest absolute Gasteiger partial charge is 0.466 e. The zero-order valence-corrected chi connectivity index (χ0v) is 40.9. The number of ether oxygens (including phenoxy) is 1. The lowest BCUT2D eigenvalue weighted by Crippen LogP contribution is -2.45. The Kier molecular flexibility index (Phi) is 49.6. The Morgan fingerprint density at radius 1 is 0.459 bits per heavy atom. The van der Waals surface area contributed by atoms with Crippen molar-refractivity contribution in [3.63, 3.8) is 0 Å². The molecule has 2 unspecified atom stereocenters. The van der Waals surface area contributed by atoms with E-state index in [-0.39, 0.29) is 18.5 Å². The monoisotopic (exact) mass is 860 g/mol. The number of carbonyl (C=O) groups excluding carboxylic acids is 2. The summed E-state index contributed by atoms with van der Waals surface area (Å²) < 4.78 is 5.45. The Bertz CT molecular complexity index is 951. The predicted molar refractivity (Wildman–Crippen MR) is 264 cm³/mol. The van der Waals surface area contributed by atoms with Crippen LogP contribution in [0.3, 0.4) is 0 Å². The normalized spacial score (nSPS) is 12.8. The molecule has 0 saturated carbocycles. The molecule has 0 aromatic carbocycles. The molecule has 0 aromatic rings. The number of aliphatic hydroxyl groups excluding tert-OH is 2. The summed E-state index contributed by atoms with van der Waals surface area (Å²) in [5.74, 6) is -0.0669. The SMILES string of the molecule is CCCC/C=C\C/C=C\CCCCCCCC(=O)OCCCCCCCCCCCCCCCC(=O)NC(CO)C(O)CCCCCCCCCCCCCCCCCCC. The van der Waals surface area contributed by atoms with E-state index in [1.165, 1.54) is 193 Å². The molecule has 0 bridgehead atoms. The van der Waals surface area contributed by atoms with Crippen LogP contribution in [0.25, 0.3) is 0 Å². The average Bonchev–Trinajstić information content (AvgIpc) is 3.26. The first-order valence-corrected chi connectivity index (χ1v) is 27.1. The van der Waals surface area contributed by atoms with Crippen molar-refractivity contribution in [2.45, 2.75) is 302 Å². The van der Waals surface area contributed by atoms with Crippen LogP contribution in [0.2, 0.25) is 0 Å². The van der Waals surface area contributed by atoms with E-state index in [0.717, 1.165) is 64.2 Å². The average molecular weight is 860 g/mol. The lowest BCUT2D eigenvalue weighted by molar-refractivity contribution is -0.143. The summed E-state index contributed by atoms with van der Waals surface area (Å²) in [6.45, 7) is 4.89. The Labute approximate surface area is 380 Å². The highest BCUT2D eigenvalue weighted by Crippen LogP contribution is 2.17. The summed E-state index contributed by atoms with van der Waals surface area (Å²) in [5, 5.41) is 23.3. The maximum absolute atomic E-state index is 12.5. The van der Waals surface area contributed by atoms with Crippen molar-refractivity contribution in [1.82, 2.24) is 5.32 Å². The Morgan fingerprint density at radius 3 is 1.30 bits per heavy atom. The first-order valence-electron chi connectivity index (χ1n) is 27.1. The van der Waals surface area contributed by atoms with E-state index in [1.807, 2.05) is 0 Å². The molecular formula is C55H105NO5. The highest BCUT2D eigenvalue weighted by molar-refractivity contribution is 5.76. The van der Waals surface area contributed by atoms with Crippen LogP contribution in [0, 0.1) is 0 Å². The molecule has 360 valence electrons. The minimum absolute atomic E-state index is 0.0198. The van der Waals surface area contributed by atoms with Crippen LogP contribution < -0.4 is 5.32 Å². The molecule has 0 spiro atoms. The van der Waals surface area contributed by atoms with E-state index in [9.17, 15) is 19.8 Å². The number of carbonyl (C=O) groups is 2. The summed E-state index contributed by atoms with van der Waals surface area (Å²) in [6.07, 6.45) is 60.0. The maximum atomic E-state index is 12.5. The number of allylic oxidation sites excluding steroid dienone is 4. The van der Waals surface area contributed by atoms with Crippen LogP contribution in [-0.2, 0) is 14.3 Å². The number of esters is 1. The second kappa shape index (κ2) is 51.0. The number of unbranched alkanes of at least 4 members (excludes halogenated alkanes) is 35. The van der Waals surface area contributed by atoms with Gasteiger partial charge in [-0.25, -0.2) is 0 Å². The second-order valence-corrected chi connectivity index (χ2v) is 18.6. The summed E-state index contributed by atoms with van der Waals surface area (Å²) >= 11 is 0. The summed E-state index contributed by atoms with van der Waals surface area (Å²) in [4.78, 5) is 24.5. The van der Waals surface area contributed by atoms with Crippen LogP contribution in [-0.4, -0.2) is 47.4 Å². The Balaban J connectivity index is 3.46. The minimum atomic E-state index is -0.673. The van der Waals surface area contributed by atoms with Gasteiger partial charge in [-0.2, -0.15) is 0 Å². The number of aliphatic hydroxyl groups is 2. The van der Waals surface area contributed by atoms with Gasteiger partial charge in [-0.15, -0.1) is 0 Å². The predicted octanol–water partition coefficient (Wildman–Crippen LogP) is 16.3. The molecule has 0 aromatic heterocycles. The van der Waals surface area contributed by atoms with Gasteiger partial charge in [-0.3, -0.25) is 9.59 Å². The van der Waals surface area contributed by atoms with Crippen LogP contribution in [0.1, 0.15) is 290 Å². The van der Waals surface area contributed by atoms with Crippen molar-refractivity contribution in [3.8, 4) is 0 Å². The van der Waals surface area contributed by atoms with Crippen molar-refractivity contribution < 1.29 is 24.5 Å². The van der Waals surface area contributed by atoms with Gasteiger partial charge in [-0.05, 0) is 51.4 Å². The van der Waals surface area contributed by atoms with Crippen LogP contribution >= 0.6 is 0 Å². The first kappa shape index (κ1) is 59.3. The Hall–Kier alpha value is -1.66. The number of amides is 1. The first-order chi connectivity index (χ1) is 30.0. The summed E-state index contributed by atoms with van der Waals surface area (Å²) in [6, 6.07) is -0.552. The molecule has 0 aliphatic carbocycles. The van der Waals surface area contributed by atoms with Gasteiger partial charge in [0.25, 0.3) is 0 Å². The van der Waals surface area contributed by atoms with E-state index in [4.69, 9.17) is 4.74 Å². The fourth-order valence-electron chi connectivity index (χ4n) is 8.30. The fraction of sp³-hybridized carbons (Fsp3) is 0.891. The quantitative estimate of drug-likeness (QED) is 0.0322. The number of nitrogens with one attached hydrogen (secondary N) is 1. The molecule has 61 heavy (non-hydrogen) atoms. The molecule has 1 amide bonds. The molecular weight excluding hydrogens is 755 g/mol. The number of hydrogen-bond donors (Lipinski definition) is 3. The third-order valence-electron chi connectivity index (χ3n) is 12.5. The third-order valence-corrected chi connectivity index (χ3v) is 12.5. The van der Waals surface area contributed by atoms with Crippen molar-refractivity contribution in [2.24, 2.45) is 0 Å². The van der Waals surface area contributed by atoms with E-state index >= 15 is 0 Å². The van der Waals surface area contributed by atoms with Crippen molar-refractivity contribution in [2.75, 3.05) is 13.2 Å². The lowest BCUT2D eigenvalue weighted by atomic mass is 10.0. The van der Waals surface area contributed by atoms with Crippen molar-refractivity contribution in [3.05, 3.63) is 24.3 Å². The van der Waals surface area contributed by atoms with Crippen molar-refractivity contribution >= 4 is 11.9 Å². The highest BCUT2D eigenvalue weighted by Gasteiger charge is 2.20. The van der Waals surface area contributed by atoms with Gasteiger partial charge in [0.1, 0.15) is 0 Å². The molecule has 0 aliphatic rings. The smallest absolute Gasteiger partial charge is 0.305 e. The maximum Gasteiger partial charge on any atom is 0.305 e. The van der Waals surface area contributed by atoms with Gasteiger partial charge in [-0.1, -0.05) is 250 Å². The molecule has 0 fully saturated rings. The summed E-state index contributed by atoms with van der Waals surface area (Å²) in [7, 11) is 0.